The first-order valence-corrected chi connectivity index (χ1v) is 15.4. The molecule has 1 amide bonds. The number of nitrogens with one attached hydrogen (secondary N) is 1. The van der Waals surface area contributed by atoms with Crippen molar-refractivity contribution in [3.05, 3.63) is 42.2 Å². The summed E-state index contributed by atoms with van der Waals surface area (Å²) in [5.74, 6) is 0.403. The van der Waals surface area contributed by atoms with E-state index in [9.17, 15) is 23.9 Å². The first kappa shape index (κ1) is 32.2. The van der Waals surface area contributed by atoms with Crippen LogP contribution in [-0.2, 0) is 9.53 Å². The van der Waals surface area contributed by atoms with Gasteiger partial charge in [0.05, 0.1) is 32.1 Å². The van der Waals surface area contributed by atoms with E-state index in [0.717, 1.165) is 45.1 Å². The van der Waals surface area contributed by atoms with Crippen molar-refractivity contribution in [2.45, 2.75) is 37.5 Å². The minimum absolute atomic E-state index is 0.121. The third-order valence-corrected chi connectivity index (χ3v) is 8.51. The molecule has 47 heavy (non-hydrogen) atoms. The molecule has 3 aromatic heterocycles. The molecule has 0 spiro atoms. The lowest BCUT2D eigenvalue weighted by atomic mass is 10.1. The van der Waals surface area contributed by atoms with Gasteiger partial charge in [-0.1, -0.05) is 0 Å². The van der Waals surface area contributed by atoms with Crippen molar-refractivity contribution in [1.29, 1.82) is 5.26 Å². The van der Waals surface area contributed by atoms with Crippen LogP contribution in [0, 0.1) is 11.3 Å². The quantitative estimate of drug-likeness (QED) is 0.328. The number of methoxy groups -OCH3 is 1. The molecule has 3 saturated heterocycles. The minimum atomic E-state index is -3.14. The molecule has 0 bridgehead atoms. The molecule has 0 unspecified atom stereocenters. The summed E-state index contributed by atoms with van der Waals surface area (Å²) in [4.78, 5) is 35.8. The molecule has 3 aliphatic rings. The average molecular weight is 652 g/mol. The summed E-state index contributed by atoms with van der Waals surface area (Å²) in [6, 6.07) is 9.74. The second kappa shape index (κ2) is 14.4. The molecule has 2 N–H and O–H groups in total. The number of nitriles is 1. The Balaban J connectivity index is 1.08. The maximum absolute atomic E-state index is 12.7. The zero-order valence-electron chi connectivity index (χ0n) is 25.8. The molecule has 14 nitrogen and oxygen atoms in total. The standard InChI is InChI=1S/C31H35F2N9O5/c1-45-29-24(41-12-10-40(11-13-41)21-17-46-18-21)2-3-25(38-29)39-31-35-7-4-23(37-31)20-14-19(15-34)28(36-16-20)47-22-5-8-42(9-6-22)30(44)26(43)27(32)33/h2-4,7,14,16,21-22,26-27,43H,5-6,8-13,17-18H2,1H3,(H,35,37,38,39)/t26-/m1/s1. The maximum atomic E-state index is 12.7. The number of halogens is 2. The van der Waals surface area contributed by atoms with Crippen LogP contribution < -0.4 is 19.7 Å². The number of carbonyl (C=O) groups is 1. The van der Waals surface area contributed by atoms with Gasteiger partial charge in [-0.05, 0) is 24.3 Å². The molecule has 1 atom stereocenters. The summed E-state index contributed by atoms with van der Waals surface area (Å²) in [6.45, 7) is 5.52. The average Bonchev–Trinajstić information content (AvgIpc) is 3.07. The molecular weight excluding hydrogens is 616 g/mol. The van der Waals surface area contributed by atoms with Gasteiger partial charge in [-0.25, -0.2) is 23.7 Å². The van der Waals surface area contributed by atoms with Crippen molar-refractivity contribution in [3.8, 4) is 29.1 Å². The fourth-order valence-electron chi connectivity index (χ4n) is 5.76. The van der Waals surface area contributed by atoms with Crippen molar-refractivity contribution in [2.75, 3.05) is 69.8 Å². The monoisotopic (exact) mass is 651 g/mol. The summed E-state index contributed by atoms with van der Waals surface area (Å²) in [7, 11) is 1.59. The highest BCUT2D eigenvalue weighted by Crippen LogP contribution is 2.31. The summed E-state index contributed by atoms with van der Waals surface area (Å²) in [5, 5.41) is 22.3. The second-order valence-electron chi connectivity index (χ2n) is 11.4. The van der Waals surface area contributed by atoms with Crippen LogP contribution in [0.3, 0.4) is 0 Å². The van der Waals surface area contributed by atoms with Crippen LogP contribution in [0.1, 0.15) is 18.4 Å². The Morgan fingerprint density at radius 1 is 1.09 bits per heavy atom. The number of aliphatic hydroxyl groups is 1. The molecule has 3 aliphatic heterocycles. The fourth-order valence-corrected chi connectivity index (χ4v) is 5.76. The normalized spacial score (nSPS) is 18.4. The number of likely N-dealkylation sites (tertiary alicyclic amines) is 1. The Morgan fingerprint density at radius 2 is 1.85 bits per heavy atom. The SMILES string of the molecule is COc1nc(Nc2nccc(-c3cnc(OC4CCN(C(=O)[C@H](O)C(F)F)CC4)c(C#N)c3)n2)ccc1N1CCN(C2COC2)CC1. The molecule has 248 valence electrons. The first-order chi connectivity index (χ1) is 22.8. The van der Waals surface area contributed by atoms with Gasteiger partial charge in [0, 0.05) is 70.1 Å². The Bertz CT molecular complexity index is 1610. The number of amides is 1. The third-order valence-electron chi connectivity index (χ3n) is 8.51. The third kappa shape index (κ3) is 7.32. The highest BCUT2D eigenvalue weighted by molar-refractivity contribution is 5.81. The molecule has 6 rings (SSSR count). The van der Waals surface area contributed by atoms with Gasteiger partial charge in [-0.3, -0.25) is 9.69 Å². The number of rotatable bonds is 10. The van der Waals surface area contributed by atoms with E-state index in [0.29, 0.717) is 47.8 Å². The van der Waals surface area contributed by atoms with E-state index < -0.39 is 18.4 Å². The lowest BCUT2D eigenvalue weighted by Crippen LogP contribution is -2.56. The van der Waals surface area contributed by atoms with Crippen molar-refractivity contribution in [1.82, 2.24) is 29.7 Å². The lowest BCUT2D eigenvalue weighted by Gasteiger charge is -2.43. The number of piperidine rings is 1. The topological polar surface area (TPSA) is 162 Å². The smallest absolute Gasteiger partial charge is 0.273 e. The largest absolute Gasteiger partial charge is 0.479 e. The van der Waals surface area contributed by atoms with Crippen LogP contribution in [-0.4, -0.2) is 125 Å². The Hall–Kier alpha value is -4.72. The first-order valence-electron chi connectivity index (χ1n) is 15.4. The number of aliphatic hydroxyl groups excluding tert-OH is 1. The molecular formula is C31H35F2N9O5. The highest BCUT2D eigenvalue weighted by Gasteiger charge is 2.33. The van der Waals surface area contributed by atoms with Gasteiger partial charge in [0.15, 0.2) is 6.10 Å². The number of pyridine rings is 2. The lowest BCUT2D eigenvalue weighted by molar-refractivity contribution is -0.150. The molecule has 16 heteroatoms. The number of nitrogens with zero attached hydrogens (tertiary/aromatic N) is 8. The number of carbonyl (C=O) groups excluding carboxylic acids is 1. The van der Waals surface area contributed by atoms with E-state index in [1.54, 1.807) is 25.4 Å². The van der Waals surface area contributed by atoms with Gasteiger partial charge in [0.25, 0.3) is 12.3 Å². The van der Waals surface area contributed by atoms with E-state index >= 15 is 0 Å². The second-order valence-corrected chi connectivity index (χ2v) is 11.4. The Kier molecular flexibility index (Phi) is 9.85. The van der Waals surface area contributed by atoms with Gasteiger partial charge < -0.3 is 34.4 Å². The number of ether oxygens (including phenoxy) is 3. The summed E-state index contributed by atoms with van der Waals surface area (Å²) in [5.41, 5.74) is 2.18. The van der Waals surface area contributed by atoms with Crippen molar-refractivity contribution < 1.29 is 32.9 Å². The number of piperazine rings is 1. The van der Waals surface area contributed by atoms with E-state index in [1.165, 1.54) is 11.1 Å². The number of anilines is 3. The van der Waals surface area contributed by atoms with Crippen LogP contribution in [0.2, 0.25) is 0 Å². The van der Waals surface area contributed by atoms with Crippen molar-refractivity contribution in [2.24, 2.45) is 0 Å². The fraction of sp³-hybridized carbons (Fsp3) is 0.484. The summed E-state index contributed by atoms with van der Waals surface area (Å²) >= 11 is 0. The Labute approximate surface area is 269 Å². The summed E-state index contributed by atoms with van der Waals surface area (Å²) in [6.07, 6.45) is -2.07. The van der Waals surface area contributed by atoms with Gasteiger partial charge in [0.2, 0.25) is 17.7 Å². The maximum Gasteiger partial charge on any atom is 0.273 e. The van der Waals surface area contributed by atoms with Gasteiger partial charge in [-0.15, -0.1) is 0 Å². The molecule has 0 aliphatic carbocycles. The predicted octanol–water partition coefficient (Wildman–Crippen LogP) is 2.07. The number of hydrogen-bond acceptors (Lipinski definition) is 13. The minimum Gasteiger partial charge on any atom is -0.479 e. The molecule has 0 saturated carbocycles. The van der Waals surface area contributed by atoms with Gasteiger partial charge >= 0.3 is 0 Å². The predicted molar refractivity (Wildman–Crippen MR) is 165 cm³/mol. The van der Waals surface area contributed by atoms with Crippen LogP contribution in [0.25, 0.3) is 11.3 Å². The number of aromatic nitrogens is 4. The Morgan fingerprint density at radius 3 is 2.51 bits per heavy atom. The van der Waals surface area contributed by atoms with Crippen LogP contribution >= 0.6 is 0 Å². The highest BCUT2D eigenvalue weighted by atomic mass is 19.3. The van der Waals surface area contributed by atoms with Crippen molar-refractivity contribution in [3.63, 3.8) is 0 Å². The van der Waals surface area contributed by atoms with E-state index in [2.05, 4.69) is 41.1 Å². The van der Waals surface area contributed by atoms with Crippen LogP contribution in [0.4, 0.5) is 26.2 Å². The van der Waals surface area contributed by atoms with Crippen LogP contribution in [0.15, 0.2) is 36.7 Å². The molecule has 6 heterocycles. The number of alkyl halides is 2. The molecule has 3 fully saturated rings. The summed E-state index contributed by atoms with van der Waals surface area (Å²) < 4.78 is 42.3. The molecule has 0 aromatic carbocycles. The van der Waals surface area contributed by atoms with Gasteiger partial charge in [0.1, 0.15) is 29.2 Å². The molecule has 3 aromatic rings. The van der Waals surface area contributed by atoms with E-state index in [1.807, 2.05) is 12.1 Å². The zero-order chi connectivity index (χ0) is 32.9. The zero-order valence-corrected chi connectivity index (χ0v) is 25.8. The van der Waals surface area contributed by atoms with Gasteiger partial charge in [-0.2, -0.15) is 10.2 Å². The van der Waals surface area contributed by atoms with Crippen LogP contribution in [0.5, 0.6) is 11.8 Å². The van der Waals surface area contributed by atoms with E-state index in [-0.39, 0.29) is 30.6 Å². The van der Waals surface area contributed by atoms with E-state index in [4.69, 9.17) is 14.2 Å². The number of hydrogen-bond donors (Lipinski definition) is 2. The molecule has 0 radical (unpaired) electrons. The van der Waals surface area contributed by atoms with Crippen molar-refractivity contribution >= 4 is 23.4 Å².